The first kappa shape index (κ1) is 15.7. The van der Waals surface area contributed by atoms with Gasteiger partial charge in [-0.2, -0.15) is 0 Å². The van der Waals surface area contributed by atoms with Crippen LogP contribution >= 0.6 is 11.8 Å². The fraction of sp³-hybridized carbons (Fsp3) is 0.429. The van der Waals surface area contributed by atoms with E-state index < -0.39 is 18.1 Å². The molecule has 7 heteroatoms. The Morgan fingerprint density at radius 1 is 1.43 bits per heavy atom. The number of carbonyl (C=O) groups excluding carboxylic acids is 1. The molecule has 1 aliphatic rings. The number of phenols is 1. The van der Waals surface area contributed by atoms with E-state index in [2.05, 4.69) is 0 Å². The minimum atomic E-state index is -1.00. The number of nitrogens with two attached hydrogens (primary N) is 1. The smallest absolute Gasteiger partial charge is 0.327 e. The van der Waals surface area contributed by atoms with Gasteiger partial charge in [-0.15, -0.1) is 11.8 Å². The number of hydrogen-bond acceptors (Lipinski definition) is 5. The van der Waals surface area contributed by atoms with Gasteiger partial charge >= 0.3 is 5.97 Å². The molecule has 0 saturated carbocycles. The van der Waals surface area contributed by atoms with Crippen LogP contribution in [0, 0.1) is 0 Å². The number of carboxylic acids is 1. The lowest BCUT2D eigenvalue weighted by Crippen LogP contribution is -2.52. The van der Waals surface area contributed by atoms with Crippen LogP contribution in [0.4, 0.5) is 0 Å². The van der Waals surface area contributed by atoms with Crippen molar-refractivity contribution in [3.05, 3.63) is 29.8 Å². The molecule has 0 spiro atoms. The summed E-state index contributed by atoms with van der Waals surface area (Å²) in [5.41, 5.74) is 6.76. The summed E-state index contributed by atoms with van der Waals surface area (Å²) >= 11 is 1.43. The number of benzene rings is 1. The van der Waals surface area contributed by atoms with Crippen molar-refractivity contribution in [2.75, 3.05) is 5.75 Å². The SMILES string of the molecule is CC1SCC(C(=O)O)N1C(=O)[C@H](N)Cc1ccc(O)cc1. The lowest BCUT2D eigenvalue weighted by molar-refractivity contribution is -0.149. The monoisotopic (exact) mass is 310 g/mol. The highest BCUT2D eigenvalue weighted by molar-refractivity contribution is 8.00. The van der Waals surface area contributed by atoms with Crippen molar-refractivity contribution in [1.82, 2.24) is 4.90 Å². The molecule has 1 aromatic rings. The molecule has 1 aromatic carbocycles. The molecular weight excluding hydrogens is 292 g/mol. The Labute approximate surface area is 126 Å². The lowest BCUT2D eigenvalue weighted by atomic mass is 10.0. The molecule has 4 N–H and O–H groups in total. The average molecular weight is 310 g/mol. The second-order valence-electron chi connectivity index (χ2n) is 5.01. The molecule has 0 aliphatic carbocycles. The Bertz CT molecular complexity index is 534. The zero-order valence-electron chi connectivity index (χ0n) is 11.6. The van der Waals surface area contributed by atoms with E-state index in [0.29, 0.717) is 12.2 Å². The van der Waals surface area contributed by atoms with E-state index in [0.717, 1.165) is 5.56 Å². The number of rotatable bonds is 4. The molecule has 0 radical (unpaired) electrons. The fourth-order valence-corrected chi connectivity index (χ4v) is 3.51. The number of nitrogens with zero attached hydrogens (tertiary/aromatic N) is 1. The van der Waals surface area contributed by atoms with Crippen molar-refractivity contribution in [2.24, 2.45) is 5.73 Å². The van der Waals surface area contributed by atoms with Crippen LogP contribution in [0.2, 0.25) is 0 Å². The molecule has 0 aromatic heterocycles. The number of amides is 1. The molecule has 1 saturated heterocycles. The Morgan fingerprint density at radius 2 is 2.05 bits per heavy atom. The number of aliphatic carboxylic acids is 1. The second-order valence-corrected chi connectivity index (χ2v) is 6.36. The minimum Gasteiger partial charge on any atom is -0.508 e. The Balaban J connectivity index is 2.07. The van der Waals surface area contributed by atoms with Crippen molar-refractivity contribution >= 4 is 23.6 Å². The van der Waals surface area contributed by atoms with Crippen LogP contribution in [-0.4, -0.2) is 50.2 Å². The van der Waals surface area contributed by atoms with E-state index >= 15 is 0 Å². The average Bonchev–Trinajstić information content (AvgIpc) is 2.82. The highest BCUT2D eigenvalue weighted by Gasteiger charge is 2.40. The molecule has 3 atom stereocenters. The van der Waals surface area contributed by atoms with Crippen molar-refractivity contribution in [3.63, 3.8) is 0 Å². The number of thioether (sulfide) groups is 1. The molecule has 2 rings (SSSR count). The highest BCUT2D eigenvalue weighted by Crippen LogP contribution is 2.29. The first-order valence-electron chi connectivity index (χ1n) is 6.60. The standard InChI is InChI=1S/C14H18N2O4S/c1-8-16(12(7-21-8)14(19)20)13(18)11(15)6-9-2-4-10(17)5-3-9/h2-5,8,11-12,17H,6-7,15H2,1H3,(H,19,20)/t8?,11-,12?/m1/s1. The molecule has 6 nitrogen and oxygen atoms in total. The highest BCUT2D eigenvalue weighted by atomic mass is 32.2. The van der Waals surface area contributed by atoms with Crippen molar-refractivity contribution < 1.29 is 19.8 Å². The largest absolute Gasteiger partial charge is 0.508 e. The number of aromatic hydroxyl groups is 1. The van der Waals surface area contributed by atoms with Gasteiger partial charge < -0.3 is 20.8 Å². The fourth-order valence-electron chi connectivity index (χ4n) is 2.33. The van der Waals surface area contributed by atoms with Gasteiger partial charge in [0.1, 0.15) is 11.8 Å². The quantitative estimate of drug-likeness (QED) is 0.754. The van der Waals surface area contributed by atoms with Crippen molar-refractivity contribution in [2.45, 2.75) is 30.8 Å². The summed E-state index contributed by atoms with van der Waals surface area (Å²) < 4.78 is 0. The first-order chi connectivity index (χ1) is 9.90. The van der Waals surface area contributed by atoms with E-state index in [9.17, 15) is 19.8 Å². The summed E-state index contributed by atoms with van der Waals surface area (Å²) in [4.78, 5) is 25.0. The second kappa shape index (κ2) is 6.36. The third-order valence-corrected chi connectivity index (χ3v) is 4.69. The normalized spacial score (nSPS) is 23.0. The van der Waals surface area contributed by atoms with Crippen LogP contribution < -0.4 is 5.73 Å². The molecule has 21 heavy (non-hydrogen) atoms. The molecule has 114 valence electrons. The maximum absolute atomic E-state index is 12.4. The van der Waals surface area contributed by atoms with Crippen LogP contribution in [0.15, 0.2) is 24.3 Å². The van der Waals surface area contributed by atoms with Gasteiger partial charge in [0, 0.05) is 5.75 Å². The van der Waals surface area contributed by atoms with E-state index in [1.54, 1.807) is 19.1 Å². The Kier molecular flexibility index (Phi) is 4.74. The Morgan fingerprint density at radius 3 is 2.62 bits per heavy atom. The van der Waals surface area contributed by atoms with E-state index in [-0.39, 0.29) is 17.0 Å². The van der Waals surface area contributed by atoms with Gasteiger partial charge in [-0.3, -0.25) is 4.79 Å². The maximum Gasteiger partial charge on any atom is 0.327 e. The number of phenolic OH excluding ortho intramolecular Hbond substituents is 1. The van der Waals surface area contributed by atoms with Crippen molar-refractivity contribution in [3.8, 4) is 5.75 Å². The van der Waals surface area contributed by atoms with Gasteiger partial charge in [0.05, 0.1) is 11.4 Å². The molecule has 0 bridgehead atoms. The number of carbonyl (C=O) groups is 2. The van der Waals surface area contributed by atoms with E-state index in [4.69, 9.17) is 5.73 Å². The van der Waals surface area contributed by atoms with E-state index in [1.807, 2.05) is 0 Å². The van der Waals surface area contributed by atoms with Gasteiger partial charge in [0.25, 0.3) is 0 Å². The zero-order chi connectivity index (χ0) is 15.6. The third kappa shape index (κ3) is 3.48. The number of carboxylic acid groups (broad SMARTS) is 1. The molecule has 1 aliphatic heterocycles. The Hall–Kier alpha value is -1.73. The lowest BCUT2D eigenvalue weighted by Gasteiger charge is -2.27. The number of hydrogen-bond donors (Lipinski definition) is 3. The van der Waals surface area contributed by atoms with Crippen molar-refractivity contribution in [1.29, 1.82) is 0 Å². The summed E-state index contributed by atoms with van der Waals surface area (Å²) in [5.74, 6) is -0.826. The van der Waals surface area contributed by atoms with Gasteiger partial charge in [0.15, 0.2) is 0 Å². The van der Waals surface area contributed by atoms with Crippen LogP contribution in [0.3, 0.4) is 0 Å². The van der Waals surface area contributed by atoms with Crippen LogP contribution in [0.1, 0.15) is 12.5 Å². The predicted octanol–water partition coefficient (Wildman–Crippen LogP) is 0.637. The molecule has 2 unspecified atom stereocenters. The molecule has 1 amide bonds. The predicted molar refractivity (Wildman–Crippen MR) is 80.0 cm³/mol. The summed E-state index contributed by atoms with van der Waals surface area (Å²) in [6, 6.07) is 4.83. The summed E-state index contributed by atoms with van der Waals surface area (Å²) in [5, 5.41) is 18.2. The van der Waals surface area contributed by atoms with Crippen LogP contribution in [-0.2, 0) is 16.0 Å². The zero-order valence-corrected chi connectivity index (χ0v) is 12.4. The molecule has 1 heterocycles. The summed E-state index contributed by atoms with van der Waals surface area (Å²) in [7, 11) is 0. The molecular formula is C14H18N2O4S. The first-order valence-corrected chi connectivity index (χ1v) is 7.65. The van der Waals surface area contributed by atoms with Gasteiger partial charge in [-0.05, 0) is 31.0 Å². The summed E-state index contributed by atoms with van der Waals surface area (Å²) in [6.45, 7) is 1.80. The maximum atomic E-state index is 12.4. The topological polar surface area (TPSA) is 104 Å². The third-order valence-electron chi connectivity index (χ3n) is 3.47. The van der Waals surface area contributed by atoms with Crippen LogP contribution in [0.25, 0.3) is 0 Å². The molecule has 1 fully saturated rings. The van der Waals surface area contributed by atoms with E-state index in [1.165, 1.54) is 28.8 Å². The van der Waals surface area contributed by atoms with Gasteiger partial charge in [0.2, 0.25) is 5.91 Å². The van der Waals surface area contributed by atoms with Gasteiger partial charge in [-0.1, -0.05) is 12.1 Å². The summed E-state index contributed by atoms with van der Waals surface area (Å²) in [6.07, 6.45) is 0.305. The minimum absolute atomic E-state index is 0.147. The van der Waals surface area contributed by atoms with Gasteiger partial charge in [-0.25, -0.2) is 4.79 Å². The van der Waals surface area contributed by atoms with Crippen LogP contribution in [0.5, 0.6) is 5.75 Å².